The molecule has 0 unspecified atom stereocenters. The highest BCUT2D eigenvalue weighted by Crippen LogP contribution is 2.28. The molecule has 0 aromatic carbocycles. The van der Waals surface area contributed by atoms with Crippen LogP contribution in [-0.4, -0.2) is 16.2 Å². The van der Waals surface area contributed by atoms with Crippen LogP contribution in [-0.2, 0) is 11.3 Å². The third-order valence-corrected chi connectivity index (χ3v) is 3.15. The number of aromatic nitrogens is 2. The SMILES string of the molecule is CCOCc1nccn1C1CCCCC1. The Labute approximate surface area is 91.5 Å². The third-order valence-electron chi connectivity index (χ3n) is 3.15. The summed E-state index contributed by atoms with van der Waals surface area (Å²) in [6.45, 7) is 3.44. The van der Waals surface area contributed by atoms with Crippen molar-refractivity contribution in [2.24, 2.45) is 0 Å². The first kappa shape index (κ1) is 10.7. The van der Waals surface area contributed by atoms with Crippen LogP contribution in [0.2, 0.25) is 0 Å². The molecule has 0 saturated heterocycles. The van der Waals surface area contributed by atoms with E-state index in [4.69, 9.17) is 4.74 Å². The van der Waals surface area contributed by atoms with E-state index in [9.17, 15) is 0 Å². The quantitative estimate of drug-likeness (QED) is 0.760. The Hall–Kier alpha value is -0.830. The molecule has 1 aliphatic rings. The molecule has 0 atom stereocenters. The number of nitrogens with zero attached hydrogens (tertiary/aromatic N) is 2. The molecular weight excluding hydrogens is 188 g/mol. The molecule has 1 heterocycles. The van der Waals surface area contributed by atoms with Gasteiger partial charge in [0.2, 0.25) is 0 Å². The average molecular weight is 208 g/mol. The van der Waals surface area contributed by atoms with Crippen LogP contribution in [0.4, 0.5) is 0 Å². The van der Waals surface area contributed by atoms with Crippen molar-refractivity contribution in [2.45, 2.75) is 51.7 Å². The Morgan fingerprint density at radius 3 is 2.93 bits per heavy atom. The van der Waals surface area contributed by atoms with E-state index in [0.717, 1.165) is 12.4 Å². The first-order valence-electron chi connectivity index (χ1n) is 6.01. The lowest BCUT2D eigenvalue weighted by molar-refractivity contribution is 0.123. The molecule has 1 aliphatic carbocycles. The van der Waals surface area contributed by atoms with Gasteiger partial charge in [-0.3, -0.25) is 0 Å². The van der Waals surface area contributed by atoms with Gasteiger partial charge in [0.15, 0.2) is 0 Å². The zero-order valence-corrected chi connectivity index (χ0v) is 9.48. The van der Waals surface area contributed by atoms with Gasteiger partial charge in [0.05, 0.1) is 0 Å². The summed E-state index contributed by atoms with van der Waals surface area (Å²) in [6, 6.07) is 0.664. The lowest BCUT2D eigenvalue weighted by atomic mass is 9.95. The maximum Gasteiger partial charge on any atom is 0.135 e. The summed E-state index contributed by atoms with van der Waals surface area (Å²) in [5, 5.41) is 0. The first-order valence-corrected chi connectivity index (χ1v) is 6.01. The van der Waals surface area contributed by atoms with E-state index >= 15 is 0 Å². The predicted molar refractivity (Wildman–Crippen MR) is 59.7 cm³/mol. The van der Waals surface area contributed by atoms with E-state index in [1.165, 1.54) is 32.1 Å². The predicted octanol–water partition coefficient (Wildman–Crippen LogP) is 2.92. The zero-order chi connectivity index (χ0) is 10.5. The van der Waals surface area contributed by atoms with E-state index in [-0.39, 0.29) is 0 Å². The van der Waals surface area contributed by atoms with Crippen molar-refractivity contribution in [3.8, 4) is 0 Å². The van der Waals surface area contributed by atoms with Gasteiger partial charge in [0.25, 0.3) is 0 Å². The number of hydrogen-bond acceptors (Lipinski definition) is 2. The van der Waals surface area contributed by atoms with Gasteiger partial charge in [-0.25, -0.2) is 4.98 Å². The second-order valence-corrected chi connectivity index (χ2v) is 4.18. The number of rotatable bonds is 4. The number of ether oxygens (including phenoxy) is 1. The van der Waals surface area contributed by atoms with Gasteiger partial charge in [0, 0.05) is 25.0 Å². The van der Waals surface area contributed by atoms with E-state index in [1.54, 1.807) is 0 Å². The molecule has 1 aromatic heterocycles. The highest BCUT2D eigenvalue weighted by molar-refractivity contribution is 4.94. The molecule has 0 aliphatic heterocycles. The molecule has 1 fully saturated rings. The summed E-state index contributed by atoms with van der Waals surface area (Å²) in [5.41, 5.74) is 0. The normalized spacial score (nSPS) is 18.2. The highest BCUT2D eigenvalue weighted by atomic mass is 16.5. The van der Waals surface area contributed by atoms with Crippen molar-refractivity contribution in [2.75, 3.05) is 6.61 Å². The van der Waals surface area contributed by atoms with Gasteiger partial charge < -0.3 is 9.30 Å². The Morgan fingerprint density at radius 2 is 2.20 bits per heavy atom. The van der Waals surface area contributed by atoms with Crippen LogP contribution in [0, 0.1) is 0 Å². The van der Waals surface area contributed by atoms with Crippen molar-refractivity contribution in [1.82, 2.24) is 9.55 Å². The van der Waals surface area contributed by atoms with Gasteiger partial charge in [-0.1, -0.05) is 19.3 Å². The molecule has 0 amide bonds. The standard InChI is InChI=1S/C12H20N2O/c1-2-15-10-12-13-8-9-14(12)11-6-4-3-5-7-11/h8-9,11H,2-7,10H2,1H3. The number of hydrogen-bond donors (Lipinski definition) is 0. The minimum atomic E-state index is 0.653. The lowest BCUT2D eigenvalue weighted by Crippen LogP contribution is -2.15. The summed E-state index contributed by atoms with van der Waals surface area (Å²) in [4.78, 5) is 4.37. The van der Waals surface area contributed by atoms with Gasteiger partial charge >= 0.3 is 0 Å². The van der Waals surface area contributed by atoms with Gasteiger partial charge in [-0.05, 0) is 19.8 Å². The molecule has 0 bridgehead atoms. The Balaban J connectivity index is 2.02. The summed E-state index contributed by atoms with van der Waals surface area (Å²) < 4.78 is 7.74. The molecule has 0 spiro atoms. The summed E-state index contributed by atoms with van der Waals surface area (Å²) in [6.07, 6.45) is 10.7. The van der Waals surface area contributed by atoms with E-state index in [0.29, 0.717) is 12.6 Å². The lowest BCUT2D eigenvalue weighted by Gasteiger charge is -2.24. The van der Waals surface area contributed by atoms with Crippen molar-refractivity contribution < 1.29 is 4.74 Å². The van der Waals surface area contributed by atoms with Crippen LogP contribution in [0.5, 0.6) is 0 Å². The topological polar surface area (TPSA) is 27.1 Å². The molecule has 0 N–H and O–H groups in total. The molecule has 3 nitrogen and oxygen atoms in total. The minimum Gasteiger partial charge on any atom is -0.374 e. The highest BCUT2D eigenvalue weighted by Gasteiger charge is 2.17. The van der Waals surface area contributed by atoms with Gasteiger partial charge in [-0.15, -0.1) is 0 Å². The molecule has 3 heteroatoms. The maximum atomic E-state index is 5.43. The van der Waals surface area contributed by atoms with Crippen molar-refractivity contribution in [3.63, 3.8) is 0 Å². The molecule has 84 valence electrons. The molecule has 2 rings (SSSR count). The van der Waals surface area contributed by atoms with Crippen LogP contribution in [0.25, 0.3) is 0 Å². The van der Waals surface area contributed by atoms with Gasteiger partial charge in [0.1, 0.15) is 12.4 Å². The van der Waals surface area contributed by atoms with Crippen LogP contribution in [0.1, 0.15) is 50.9 Å². The second kappa shape index (κ2) is 5.31. The molecule has 1 aromatic rings. The van der Waals surface area contributed by atoms with E-state index < -0.39 is 0 Å². The van der Waals surface area contributed by atoms with Crippen molar-refractivity contribution in [3.05, 3.63) is 18.2 Å². The van der Waals surface area contributed by atoms with Crippen LogP contribution < -0.4 is 0 Å². The van der Waals surface area contributed by atoms with E-state index in [2.05, 4.69) is 15.7 Å². The third kappa shape index (κ3) is 2.59. The number of imidazole rings is 1. The van der Waals surface area contributed by atoms with E-state index in [1.807, 2.05) is 13.1 Å². The molecule has 15 heavy (non-hydrogen) atoms. The van der Waals surface area contributed by atoms with Crippen molar-refractivity contribution >= 4 is 0 Å². The van der Waals surface area contributed by atoms with Crippen LogP contribution >= 0.6 is 0 Å². The van der Waals surface area contributed by atoms with Crippen LogP contribution in [0.3, 0.4) is 0 Å². The maximum absolute atomic E-state index is 5.43. The smallest absolute Gasteiger partial charge is 0.135 e. The monoisotopic (exact) mass is 208 g/mol. The fourth-order valence-corrected chi connectivity index (χ4v) is 2.34. The summed E-state index contributed by atoms with van der Waals surface area (Å²) >= 11 is 0. The average Bonchev–Trinajstić information content (AvgIpc) is 2.75. The fraction of sp³-hybridized carbons (Fsp3) is 0.750. The Bertz CT molecular complexity index is 290. The summed E-state index contributed by atoms with van der Waals surface area (Å²) in [5.74, 6) is 1.09. The first-order chi connectivity index (χ1) is 7.42. The Morgan fingerprint density at radius 1 is 1.40 bits per heavy atom. The fourth-order valence-electron chi connectivity index (χ4n) is 2.34. The molecular formula is C12H20N2O. The largest absolute Gasteiger partial charge is 0.374 e. The minimum absolute atomic E-state index is 0.653. The molecule has 1 saturated carbocycles. The van der Waals surface area contributed by atoms with Crippen LogP contribution in [0.15, 0.2) is 12.4 Å². The van der Waals surface area contributed by atoms with Gasteiger partial charge in [-0.2, -0.15) is 0 Å². The molecule has 0 radical (unpaired) electrons. The second-order valence-electron chi connectivity index (χ2n) is 4.18. The zero-order valence-electron chi connectivity index (χ0n) is 9.48. The Kier molecular flexibility index (Phi) is 3.78. The summed E-state index contributed by atoms with van der Waals surface area (Å²) in [7, 11) is 0. The van der Waals surface area contributed by atoms with Crippen molar-refractivity contribution in [1.29, 1.82) is 0 Å².